The first-order chi connectivity index (χ1) is 23.7. The van der Waals surface area contributed by atoms with Crippen molar-refractivity contribution in [2.45, 2.75) is 57.8 Å². The molecule has 1 aromatic carbocycles. The predicted molar refractivity (Wildman–Crippen MR) is 180 cm³/mol. The molecule has 0 bridgehead atoms. The van der Waals surface area contributed by atoms with E-state index in [9.17, 15) is 18.0 Å². The second-order valence-electron chi connectivity index (χ2n) is 13.2. The van der Waals surface area contributed by atoms with Crippen molar-refractivity contribution < 1.29 is 27.4 Å². The van der Waals surface area contributed by atoms with Gasteiger partial charge in [-0.05, 0) is 60.8 Å². The van der Waals surface area contributed by atoms with Gasteiger partial charge in [-0.3, -0.25) is 9.88 Å². The zero-order valence-corrected chi connectivity index (χ0v) is 27.9. The number of ether oxygens (including phenoxy) is 2. The van der Waals surface area contributed by atoms with Gasteiger partial charge in [0.2, 0.25) is 0 Å². The fraction of sp³-hybridized carbons (Fsp3) is 0.472. The van der Waals surface area contributed by atoms with Crippen LogP contribution in [0.3, 0.4) is 0 Å². The van der Waals surface area contributed by atoms with Gasteiger partial charge in [0.05, 0.1) is 29.4 Å². The first kappa shape index (κ1) is 33.3. The summed E-state index contributed by atoms with van der Waals surface area (Å²) in [5, 5.41) is 3.60. The van der Waals surface area contributed by atoms with Crippen LogP contribution in [0.2, 0.25) is 0 Å². The number of hydrogen-bond donors (Lipinski definition) is 2. The maximum Gasteiger partial charge on any atom is 0.416 e. The number of alkyl halides is 3. The van der Waals surface area contributed by atoms with Gasteiger partial charge in [-0.1, -0.05) is 19.9 Å². The lowest BCUT2D eigenvalue weighted by Crippen LogP contribution is -2.45. The molecular weight excluding hydrogens is 635 g/mol. The lowest BCUT2D eigenvalue weighted by Gasteiger charge is -2.34. The number of pyridine rings is 2. The Labute approximate surface area is 283 Å². The van der Waals surface area contributed by atoms with Crippen LogP contribution in [0, 0.1) is 0 Å². The minimum Gasteiger partial charge on any atom is -0.455 e. The van der Waals surface area contributed by atoms with Crippen molar-refractivity contribution >= 4 is 22.8 Å². The number of rotatable bonds is 8. The van der Waals surface area contributed by atoms with Gasteiger partial charge in [-0.2, -0.15) is 13.2 Å². The number of hydrogen-bond acceptors (Lipinski definition) is 7. The van der Waals surface area contributed by atoms with E-state index in [1.54, 1.807) is 23.4 Å². The van der Waals surface area contributed by atoms with Crippen LogP contribution in [-0.4, -0.2) is 88.2 Å². The highest BCUT2D eigenvalue weighted by molar-refractivity contribution is 5.89. The number of aromatic nitrogens is 3. The molecule has 3 aliphatic heterocycles. The minimum atomic E-state index is -4.55. The Kier molecular flexibility index (Phi) is 9.49. The number of carbonyl (C=O) groups is 1. The van der Waals surface area contributed by atoms with Gasteiger partial charge in [0.1, 0.15) is 17.1 Å². The fourth-order valence-electron chi connectivity index (χ4n) is 7.15. The maximum absolute atomic E-state index is 14.2. The average Bonchev–Trinajstić information content (AvgIpc) is 3.79. The van der Waals surface area contributed by atoms with Gasteiger partial charge in [0.15, 0.2) is 0 Å². The van der Waals surface area contributed by atoms with Crippen LogP contribution < -0.4 is 10.1 Å². The number of amides is 2. The quantitative estimate of drug-likeness (QED) is 0.208. The first-order valence-corrected chi connectivity index (χ1v) is 17.1. The molecule has 0 radical (unpaired) electrons. The monoisotopic (exact) mass is 677 g/mol. The van der Waals surface area contributed by atoms with Crippen molar-refractivity contribution in [3.8, 4) is 11.5 Å². The molecule has 3 aromatic heterocycles. The normalized spacial score (nSPS) is 20.5. The Balaban J connectivity index is 1.06. The number of nitrogens with zero attached hydrogens (tertiary/aromatic N) is 5. The molecule has 2 atom stereocenters. The molecule has 2 amide bonds. The average molecular weight is 678 g/mol. The van der Waals surface area contributed by atoms with E-state index in [2.05, 4.69) is 38.1 Å². The summed E-state index contributed by atoms with van der Waals surface area (Å²) < 4.78 is 54.6. The maximum atomic E-state index is 14.2. The summed E-state index contributed by atoms with van der Waals surface area (Å²) in [6.45, 7) is 10.4. The van der Waals surface area contributed by atoms with Gasteiger partial charge in [-0.25, -0.2) is 9.78 Å². The van der Waals surface area contributed by atoms with Crippen LogP contribution in [0.4, 0.5) is 23.7 Å². The Morgan fingerprint density at radius 2 is 1.90 bits per heavy atom. The highest BCUT2D eigenvalue weighted by Gasteiger charge is 2.35. The van der Waals surface area contributed by atoms with Crippen molar-refractivity contribution in [1.82, 2.24) is 29.7 Å². The van der Waals surface area contributed by atoms with Crippen molar-refractivity contribution in [1.29, 1.82) is 0 Å². The lowest BCUT2D eigenvalue weighted by molar-refractivity contribution is -0.138. The fourth-order valence-corrected chi connectivity index (χ4v) is 7.15. The number of fused-ring (bicyclic) bond motifs is 2. The SMILES string of the molecule is CCC1CN(C(=O)Nc2ccc(CN3CCN(CC)CC3)c(C(F)(F)F)c2)Cc2cc(Oc3ccnc4[nH]c(C5CCOC5)cc34)cnc21. The van der Waals surface area contributed by atoms with Crippen molar-refractivity contribution in [2.24, 2.45) is 0 Å². The molecule has 260 valence electrons. The topological polar surface area (TPSA) is 98.9 Å². The van der Waals surface area contributed by atoms with E-state index >= 15 is 0 Å². The molecule has 13 heteroatoms. The number of urea groups is 1. The second kappa shape index (κ2) is 14.0. The third-order valence-electron chi connectivity index (χ3n) is 10.0. The van der Waals surface area contributed by atoms with E-state index in [1.807, 2.05) is 19.1 Å². The largest absolute Gasteiger partial charge is 0.455 e. The van der Waals surface area contributed by atoms with Gasteiger partial charge < -0.3 is 29.6 Å². The lowest BCUT2D eigenvalue weighted by atomic mass is 9.92. The van der Waals surface area contributed by atoms with Gasteiger partial charge in [-0.15, -0.1) is 0 Å². The van der Waals surface area contributed by atoms with E-state index in [0.717, 1.165) is 86.2 Å². The molecule has 7 rings (SSSR count). The number of likely N-dealkylation sites (N-methyl/N-ethyl adjacent to an activating group) is 1. The number of nitrogens with one attached hydrogen (secondary N) is 2. The third kappa shape index (κ3) is 7.24. The highest BCUT2D eigenvalue weighted by Crippen LogP contribution is 2.37. The van der Waals surface area contributed by atoms with E-state index in [0.29, 0.717) is 30.6 Å². The van der Waals surface area contributed by atoms with Crippen molar-refractivity contribution in [2.75, 3.05) is 57.8 Å². The molecule has 0 aliphatic carbocycles. The Morgan fingerprint density at radius 1 is 1.08 bits per heavy atom. The molecule has 10 nitrogen and oxygen atoms in total. The standard InChI is InChI=1S/C36H42F3N7O3/c1-3-23-20-46(35(47)42-27-6-5-24(30(16-27)36(37,38)39)19-45-12-10-44(4-2)11-13-45)21-26-15-28(18-41-33(23)26)49-32-7-9-40-34-29(32)17-31(43-34)25-8-14-48-22-25/h5-7,9,15-18,23,25H,3-4,8,10-14,19-22H2,1-2H3,(H,40,43)(H,42,47). The molecule has 2 unspecified atom stereocenters. The molecule has 2 saturated heterocycles. The summed E-state index contributed by atoms with van der Waals surface area (Å²) in [5.41, 5.74) is 3.13. The van der Waals surface area contributed by atoms with Crippen molar-refractivity contribution in [3.63, 3.8) is 0 Å². The minimum absolute atomic E-state index is 0.0293. The van der Waals surface area contributed by atoms with Crippen LogP contribution in [0.15, 0.2) is 48.8 Å². The highest BCUT2D eigenvalue weighted by atomic mass is 19.4. The molecule has 4 aromatic rings. The van der Waals surface area contributed by atoms with Crippen LogP contribution >= 0.6 is 0 Å². The molecular formula is C36H42F3N7O3. The molecule has 6 heterocycles. The van der Waals surface area contributed by atoms with Crippen LogP contribution in [-0.2, 0) is 24.0 Å². The number of piperazine rings is 1. The van der Waals surface area contributed by atoms with Crippen LogP contribution in [0.1, 0.15) is 66.6 Å². The molecule has 2 N–H and O–H groups in total. The molecule has 49 heavy (non-hydrogen) atoms. The molecule has 0 saturated carbocycles. The summed E-state index contributed by atoms with van der Waals surface area (Å²) in [6, 6.07) is 9.42. The Bertz CT molecular complexity index is 1800. The number of anilines is 1. The zero-order chi connectivity index (χ0) is 34.1. The second-order valence-corrected chi connectivity index (χ2v) is 13.2. The Hall–Kier alpha value is -4.20. The molecule has 3 aliphatic rings. The first-order valence-electron chi connectivity index (χ1n) is 17.1. The van der Waals surface area contributed by atoms with E-state index in [1.165, 1.54) is 6.07 Å². The number of carbonyl (C=O) groups excluding carboxylic acids is 1. The van der Waals surface area contributed by atoms with Crippen LogP contribution in [0.25, 0.3) is 11.0 Å². The summed E-state index contributed by atoms with van der Waals surface area (Å²) in [7, 11) is 0. The summed E-state index contributed by atoms with van der Waals surface area (Å²) in [4.78, 5) is 32.1. The number of halogens is 3. The molecule has 2 fully saturated rings. The van der Waals surface area contributed by atoms with Gasteiger partial charge in [0, 0.05) is 81.8 Å². The predicted octanol–water partition coefficient (Wildman–Crippen LogP) is 6.95. The summed E-state index contributed by atoms with van der Waals surface area (Å²) in [5.74, 6) is 1.42. The zero-order valence-electron chi connectivity index (χ0n) is 27.9. The van der Waals surface area contributed by atoms with Crippen molar-refractivity contribution in [3.05, 3.63) is 76.9 Å². The smallest absolute Gasteiger partial charge is 0.416 e. The van der Waals surface area contributed by atoms with E-state index < -0.39 is 17.8 Å². The Morgan fingerprint density at radius 3 is 2.63 bits per heavy atom. The summed E-state index contributed by atoms with van der Waals surface area (Å²) >= 11 is 0. The number of benzene rings is 1. The van der Waals surface area contributed by atoms with Gasteiger partial charge >= 0.3 is 12.2 Å². The molecule has 0 spiro atoms. The van der Waals surface area contributed by atoms with E-state index in [4.69, 9.17) is 14.5 Å². The van der Waals surface area contributed by atoms with E-state index in [-0.39, 0.29) is 30.3 Å². The number of H-pyrrole nitrogens is 1. The van der Waals surface area contributed by atoms with Crippen LogP contribution in [0.5, 0.6) is 11.5 Å². The third-order valence-corrected chi connectivity index (χ3v) is 10.0. The number of aromatic amines is 1. The van der Waals surface area contributed by atoms with Gasteiger partial charge in [0.25, 0.3) is 0 Å². The summed E-state index contributed by atoms with van der Waals surface area (Å²) in [6.07, 6.45) is 0.538.